The van der Waals surface area contributed by atoms with Gasteiger partial charge in [0.15, 0.2) is 0 Å². The van der Waals surface area contributed by atoms with Crippen LogP contribution in [0.5, 0.6) is 11.5 Å². The molecular formula is C25H26N2O4. The molecule has 3 aromatic carbocycles. The molecule has 0 saturated heterocycles. The number of ether oxygens (including phenoxy) is 2. The SMILES string of the molecule is CCCC(=O)Nc1ccc(NC(=O)c2ccc(OCCOc3ccccc3)cc2)cc1. The van der Waals surface area contributed by atoms with E-state index in [1.807, 2.05) is 37.3 Å². The van der Waals surface area contributed by atoms with E-state index in [4.69, 9.17) is 9.47 Å². The molecule has 0 spiro atoms. The minimum atomic E-state index is -0.221. The maximum Gasteiger partial charge on any atom is 0.255 e. The molecule has 0 aliphatic rings. The fourth-order valence-electron chi connectivity index (χ4n) is 2.83. The number of carbonyl (C=O) groups excluding carboxylic acids is 2. The first-order chi connectivity index (χ1) is 15.1. The van der Waals surface area contributed by atoms with Crippen molar-refractivity contribution >= 4 is 23.2 Å². The number of rotatable bonds is 10. The second-order valence-electron chi connectivity index (χ2n) is 6.86. The summed E-state index contributed by atoms with van der Waals surface area (Å²) >= 11 is 0. The molecule has 6 nitrogen and oxygen atoms in total. The third-order valence-electron chi connectivity index (χ3n) is 4.38. The summed E-state index contributed by atoms with van der Waals surface area (Å²) in [5, 5.41) is 5.66. The van der Waals surface area contributed by atoms with Crippen LogP contribution in [-0.2, 0) is 4.79 Å². The number of hydrogen-bond acceptors (Lipinski definition) is 4. The average Bonchev–Trinajstić information content (AvgIpc) is 2.79. The van der Waals surface area contributed by atoms with Crippen LogP contribution in [-0.4, -0.2) is 25.0 Å². The van der Waals surface area contributed by atoms with Gasteiger partial charge in [0.25, 0.3) is 5.91 Å². The first-order valence-corrected chi connectivity index (χ1v) is 10.3. The fraction of sp³-hybridized carbons (Fsp3) is 0.200. The first kappa shape index (κ1) is 21.9. The van der Waals surface area contributed by atoms with Crippen LogP contribution in [0.3, 0.4) is 0 Å². The minimum absolute atomic E-state index is 0.0202. The number of hydrogen-bond donors (Lipinski definition) is 2. The fourth-order valence-corrected chi connectivity index (χ4v) is 2.83. The number of nitrogens with one attached hydrogen (secondary N) is 2. The highest BCUT2D eigenvalue weighted by Crippen LogP contribution is 2.17. The van der Waals surface area contributed by atoms with Gasteiger partial charge in [0.05, 0.1) is 0 Å². The molecule has 0 radical (unpaired) electrons. The largest absolute Gasteiger partial charge is 0.490 e. The van der Waals surface area contributed by atoms with Gasteiger partial charge in [0, 0.05) is 23.4 Å². The molecule has 0 aliphatic heterocycles. The van der Waals surface area contributed by atoms with Crippen molar-refractivity contribution in [2.75, 3.05) is 23.8 Å². The number of anilines is 2. The molecule has 3 rings (SSSR count). The number of benzene rings is 3. The van der Waals surface area contributed by atoms with E-state index < -0.39 is 0 Å². The number of carbonyl (C=O) groups is 2. The lowest BCUT2D eigenvalue weighted by molar-refractivity contribution is -0.116. The first-order valence-electron chi connectivity index (χ1n) is 10.3. The Hall–Kier alpha value is -3.80. The Morgan fingerprint density at radius 3 is 1.84 bits per heavy atom. The quantitative estimate of drug-likeness (QED) is 0.447. The summed E-state index contributed by atoms with van der Waals surface area (Å²) in [7, 11) is 0. The molecule has 6 heteroatoms. The van der Waals surface area contributed by atoms with Crippen LogP contribution >= 0.6 is 0 Å². The molecule has 0 unspecified atom stereocenters. The zero-order chi connectivity index (χ0) is 21.9. The van der Waals surface area contributed by atoms with Gasteiger partial charge in [-0.3, -0.25) is 9.59 Å². The van der Waals surface area contributed by atoms with Gasteiger partial charge < -0.3 is 20.1 Å². The highest BCUT2D eigenvalue weighted by molar-refractivity contribution is 6.04. The van der Waals surface area contributed by atoms with Gasteiger partial charge in [0.2, 0.25) is 5.91 Å². The summed E-state index contributed by atoms with van der Waals surface area (Å²) in [4.78, 5) is 24.1. The second-order valence-corrected chi connectivity index (χ2v) is 6.86. The van der Waals surface area contributed by atoms with Gasteiger partial charge in [-0.05, 0) is 67.1 Å². The monoisotopic (exact) mass is 418 g/mol. The average molecular weight is 418 g/mol. The lowest BCUT2D eigenvalue weighted by Crippen LogP contribution is -2.13. The van der Waals surface area contributed by atoms with Gasteiger partial charge >= 0.3 is 0 Å². The highest BCUT2D eigenvalue weighted by Gasteiger charge is 2.07. The molecule has 2 amide bonds. The molecule has 0 atom stereocenters. The van der Waals surface area contributed by atoms with Crippen molar-refractivity contribution in [3.63, 3.8) is 0 Å². The molecule has 0 bridgehead atoms. The summed E-state index contributed by atoms with van der Waals surface area (Å²) in [5.41, 5.74) is 1.87. The summed E-state index contributed by atoms with van der Waals surface area (Å²) in [5.74, 6) is 1.23. The Kier molecular flexibility index (Phi) is 8.05. The Balaban J connectivity index is 1.44. The molecule has 0 aliphatic carbocycles. The molecule has 0 fully saturated rings. The maximum absolute atomic E-state index is 12.4. The maximum atomic E-state index is 12.4. The summed E-state index contributed by atoms with van der Waals surface area (Å²) in [6.07, 6.45) is 1.28. The second kappa shape index (κ2) is 11.4. The van der Waals surface area contributed by atoms with Gasteiger partial charge in [-0.2, -0.15) is 0 Å². The lowest BCUT2D eigenvalue weighted by Gasteiger charge is -2.10. The predicted molar refractivity (Wildman–Crippen MR) is 122 cm³/mol. The molecule has 31 heavy (non-hydrogen) atoms. The predicted octanol–water partition coefficient (Wildman–Crippen LogP) is 5.14. The topological polar surface area (TPSA) is 76.7 Å². The summed E-state index contributed by atoms with van der Waals surface area (Å²) in [6, 6.07) is 23.5. The third-order valence-corrected chi connectivity index (χ3v) is 4.38. The van der Waals surface area contributed by atoms with Crippen LogP contribution in [0.1, 0.15) is 30.1 Å². The van der Waals surface area contributed by atoms with Gasteiger partial charge in [-0.1, -0.05) is 25.1 Å². The summed E-state index contributed by atoms with van der Waals surface area (Å²) in [6.45, 7) is 2.79. The van der Waals surface area contributed by atoms with Crippen molar-refractivity contribution in [3.8, 4) is 11.5 Å². The van der Waals surface area contributed by atoms with E-state index in [-0.39, 0.29) is 11.8 Å². The third kappa shape index (κ3) is 7.19. The number of amides is 2. The van der Waals surface area contributed by atoms with E-state index in [1.54, 1.807) is 48.5 Å². The van der Waals surface area contributed by atoms with Crippen LogP contribution in [0, 0.1) is 0 Å². The normalized spacial score (nSPS) is 10.2. The Morgan fingerprint density at radius 1 is 0.710 bits per heavy atom. The van der Waals surface area contributed by atoms with Crippen molar-refractivity contribution in [3.05, 3.63) is 84.4 Å². The van der Waals surface area contributed by atoms with E-state index in [9.17, 15) is 9.59 Å². The lowest BCUT2D eigenvalue weighted by atomic mass is 10.2. The van der Waals surface area contributed by atoms with Crippen molar-refractivity contribution in [1.82, 2.24) is 0 Å². The van der Waals surface area contributed by atoms with Crippen molar-refractivity contribution in [2.24, 2.45) is 0 Å². The molecule has 0 saturated carbocycles. The smallest absolute Gasteiger partial charge is 0.255 e. The van der Waals surface area contributed by atoms with Gasteiger partial charge in [-0.25, -0.2) is 0 Å². The molecule has 160 valence electrons. The number of para-hydroxylation sites is 1. The Morgan fingerprint density at radius 2 is 1.26 bits per heavy atom. The molecule has 2 N–H and O–H groups in total. The van der Waals surface area contributed by atoms with Gasteiger partial charge in [-0.15, -0.1) is 0 Å². The minimum Gasteiger partial charge on any atom is -0.490 e. The van der Waals surface area contributed by atoms with Crippen LogP contribution in [0.2, 0.25) is 0 Å². The summed E-state index contributed by atoms with van der Waals surface area (Å²) < 4.78 is 11.2. The zero-order valence-corrected chi connectivity index (χ0v) is 17.5. The Labute approximate surface area is 182 Å². The van der Waals surface area contributed by atoms with E-state index in [2.05, 4.69) is 10.6 Å². The highest BCUT2D eigenvalue weighted by atomic mass is 16.5. The van der Waals surface area contributed by atoms with Crippen LogP contribution < -0.4 is 20.1 Å². The standard InChI is InChI=1S/C25H26N2O4/c1-2-6-24(28)26-20-11-13-21(14-12-20)27-25(29)19-9-15-23(16-10-19)31-18-17-30-22-7-4-3-5-8-22/h3-5,7-16H,2,6,17-18H2,1H3,(H,26,28)(H,27,29). The van der Waals surface area contributed by atoms with Crippen LogP contribution in [0.15, 0.2) is 78.9 Å². The van der Waals surface area contributed by atoms with Crippen molar-refractivity contribution < 1.29 is 19.1 Å². The van der Waals surface area contributed by atoms with Crippen LogP contribution in [0.25, 0.3) is 0 Å². The van der Waals surface area contributed by atoms with E-state index in [1.165, 1.54) is 0 Å². The molecule has 0 heterocycles. The molecule has 0 aromatic heterocycles. The van der Waals surface area contributed by atoms with Crippen molar-refractivity contribution in [1.29, 1.82) is 0 Å². The van der Waals surface area contributed by atoms with Crippen molar-refractivity contribution in [2.45, 2.75) is 19.8 Å². The van der Waals surface area contributed by atoms with Gasteiger partial charge in [0.1, 0.15) is 24.7 Å². The Bertz CT molecular complexity index is 971. The van der Waals surface area contributed by atoms with E-state index in [0.717, 1.165) is 12.2 Å². The van der Waals surface area contributed by atoms with E-state index in [0.29, 0.717) is 42.3 Å². The molecular weight excluding hydrogens is 392 g/mol. The van der Waals surface area contributed by atoms with E-state index >= 15 is 0 Å². The zero-order valence-electron chi connectivity index (χ0n) is 17.5. The van der Waals surface area contributed by atoms with Crippen LogP contribution in [0.4, 0.5) is 11.4 Å². The molecule has 3 aromatic rings.